The first kappa shape index (κ1) is 28.2. The molecule has 5 rings (SSSR count). The Morgan fingerprint density at radius 2 is 2.10 bits per heavy atom. The highest BCUT2D eigenvalue weighted by molar-refractivity contribution is 5.88. The van der Waals surface area contributed by atoms with Gasteiger partial charge in [0.2, 0.25) is 5.88 Å². The second-order valence-corrected chi connectivity index (χ2v) is 10.2. The standard InChI is InChI=1S/C29H37N9O3/c1-37-28-23(19-34-37)27(32-20-33-28)36-24(29(39)40)12-16-38(17-18-41-25-9-2-4-13-30-25)15-5-3-8-22-11-10-21-7-6-14-31-26(21)35-22/h2,4,9-11,13,19-20,24H,3,5-8,12,14-18H2,1H3,(H,31,35)(H,39,40)(H,32,33,36). The number of carbonyl (C=O) groups is 1. The maximum atomic E-state index is 12.2. The molecule has 0 radical (unpaired) electrons. The minimum atomic E-state index is -0.933. The molecule has 12 nitrogen and oxygen atoms in total. The number of nitrogens with zero attached hydrogens (tertiary/aromatic N) is 7. The van der Waals surface area contributed by atoms with E-state index in [1.807, 2.05) is 18.2 Å². The van der Waals surface area contributed by atoms with Crippen molar-refractivity contribution in [2.45, 2.75) is 44.6 Å². The van der Waals surface area contributed by atoms with Crippen LogP contribution in [0.3, 0.4) is 0 Å². The molecule has 0 saturated carbocycles. The number of carboxylic acids is 1. The molecule has 1 aliphatic rings. The summed E-state index contributed by atoms with van der Waals surface area (Å²) in [5, 5.41) is 21.4. The fourth-order valence-corrected chi connectivity index (χ4v) is 5.01. The monoisotopic (exact) mass is 559 g/mol. The highest BCUT2D eigenvalue weighted by atomic mass is 16.5. The number of hydrogen-bond donors (Lipinski definition) is 3. The molecule has 41 heavy (non-hydrogen) atoms. The van der Waals surface area contributed by atoms with Crippen molar-refractivity contribution < 1.29 is 14.6 Å². The van der Waals surface area contributed by atoms with Crippen molar-refractivity contribution in [3.63, 3.8) is 0 Å². The Bertz CT molecular complexity index is 1430. The Hall–Kier alpha value is -4.32. The van der Waals surface area contributed by atoms with Gasteiger partial charge in [-0.3, -0.25) is 9.58 Å². The van der Waals surface area contributed by atoms with Crippen LogP contribution in [0.25, 0.3) is 11.0 Å². The van der Waals surface area contributed by atoms with E-state index < -0.39 is 12.0 Å². The van der Waals surface area contributed by atoms with Crippen molar-refractivity contribution in [2.75, 3.05) is 43.4 Å². The van der Waals surface area contributed by atoms with Gasteiger partial charge in [0.1, 0.15) is 30.6 Å². The van der Waals surface area contributed by atoms with Crippen molar-refractivity contribution in [1.82, 2.24) is 34.6 Å². The zero-order chi connectivity index (χ0) is 28.4. The average molecular weight is 560 g/mol. The molecule has 4 aromatic rings. The van der Waals surface area contributed by atoms with Crippen LogP contribution < -0.4 is 15.4 Å². The minimum absolute atomic E-state index is 0.392. The summed E-state index contributed by atoms with van der Waals surface area (Å²) >= 11 is 0. The first-order chi connectivity index (χ1) is 20.1. The Kier molecular flexibility index (Phi) is 9.53. The van der Waals surface area contributed by atoms with Gasteiger partial charge >= 0.3 is 5.97 Å². The molecule has 1 unspecified atom stereocenters. The molecule has 5 heterocycles. The SMILES string of the molecule is Cn1ncc2c(NC(CCN(CCCCc3ccc4c(n3)NCCC4)CCOc3ccccn3)C(=O)O)ncnc21. The summed E-state index contributed by atoms with van der Waals surface area (Å²) in [6, 6.07) is 9.08. The van der Waals surface area contributed by atoms with Gasteiger partial charge in [-0.1, -0.05) is 12.1 Å². The van der Waals surface area contributed by atoms with Crippen molar-refractivity contribution in [3.8, 4) is 5.88 Å². The smallest absolute Gasteiger partial charge is 0.326 e. The lowest BCUT2D eigenvalue weighted by atomic mass is 10.1. The van der Waals surface area contributed by atoms with Gasteiger partial charge in [0, 0.05) is 44.6 Å². The van der Waals surface area contributed by atoms with E-state index in [4.69, 9.17) is 9.72 Å². The Balaban J connectivity index is 1.17. The average Bonchev–Trinajstić information content (AvgIpc) is 3.38. The number of pyridine rings is 2. The Labute approximate surface area is 239 Å². The summed E-state index contributed by atoms with van der Waals surface area (Å²) in [6.07, 6.45) is 10.2. The molecular formula is C29H37N9O3. The number of aliphatic carboxylic acids is 1. The fraction of sp³-hybridized carbons (Fsp3) is 0.448. The normalized spacial score (nSPS) is 13.5. The summed E-state index contributed by atoms with van der Waals surface area (Å²) in [4.78, 5) is 32.0. The van der Waals surface area contributed by atoms with Gasteiger partial charge in [-0.05, 0) is 62.8 Å². The first-order valence-corrected chi connectivity index (χ1v) is 14.2. The molecule has 1 aliphatic heterocycles. The third kappa shape index (κ3) is 7.66. The van der Waals surface area contributed by atoms with Crippen molar-refractivity contribution >= 4 is 28.6 Å². The molecule has 3 N–H and O–H groups in total. The minimum Gasteiger partial charge on any atom is -0.480 e. The summed E-state index contributed by atoms with van der Waals surface area (Å²) in [6.45, 7) is 3.50. The highest BCUT2D eigenvalue weighted by Crippen LogP contribution is 2.21. The van der Waals surface area contributed by atoms with E-state index in [2.05, 4.69) is 47.7 Å². The van der Waals surface area contributed by atoms with Crippen LogP contribution in [0.2, 0.25) is 0 Å². The molecule has 0 amide bonds. The molecule has 0 aromatic carbocycles. The van der Waals surface area contributed by atoms with Gasteiger partial charge < -0.3 is 20.5 Å². The molecule has 0 fully saturated rings. The van der Waals surface area contributed by atoms with Crippen LogP contribution >= 0.6 is 0 Å². The number of fused-ring (bicyclic) bond motifs is 2. The van der Waals surface area contributed by atoms with Crippen LogP contribution in [-0.2, 0) is 24.7 Å². The van der Waals surface area contributed by atoms with Crippen LogP contribution in [0, 0.1) is 0 Å². The number of rotatable bonds is 15. The van der Waals surface area contributed by atoms with Crippen molar-refractivity contribution in [1.29, 1.82) is 0 Å². The molecule has 0 aliphatic carbocycles. The number of hydrogen-bond acceptors (Lipinski definition) is 10. The van der Waals surface area contributed by atoms with Gasteiger partial charge in [0.05, 0.1) is 11.6 Å². The van der Waals surface area contributed by atoms with Gasteiger partial charge in [0.25, 0.3) is 0 Å². The van der Waals surface area contributed by atoms with Crippen LogP contribution in [0.15, 0.2) is 49.1 Å². The number of nitrogens with one attached hydrogen (secondary N) is 2. The lowest BCUT2D eigenvalue weighted by molar-refractivity contribution is -0.138. The lowest BCUT2D eigenvalue weighted by Crippen LogP contribution is -2.37. The van der Waals surface area contributed by atoms with Crippen LogP contribution in [0.4, 0.5) is 11.6 Å². The molecule has 0 bridgehead atoms. The highest BCUT2D eigenvalue weighted by Gasteiger charge is 2.21. The number of aryl methyl sites for hydroxylation is 3. The quantitative estimate of drug-likeness (QED) is 0.185. The largest absolute Gasteiger partial charge is 0.480 e. The molecular weight excluding hydrogens is 522 g/mol. The summed E-state index contributed by atoms with van der Waals surface area (Å²) in [5.74, 6) is 1.14. The number of carboxylic acid groups (broad SMARTS) is 1. The summed E-state index contributed by atoms with van der Waals surface area (Å²) in [7, 11) is 1.79. The summed E-state index contributed by atoms with van der Waals surface area (Å²) < 4.78 is 7.47. The molecule has 1 atom stereocenters. The van der Waals surface area contributed by atoms with E-state index in [0.717, 1.165) is 56.7 Å². The molecule has 12 heteroatoms. The van der Waals surface area contributed by atoms with E-state index in [1.165, 1.54) is 11.9 Å². The maximum Gasteiger partial charge on any atom is 0.326 e. The number of ether oxygens (including phenoxy) is 1. The van der Waals surface area contributed by atoms with Crippen LogP contribution in [-0.4, -0.2) is 84.5 Å². The zero-order valence-electron chi connectivity index (χ0n) is 23.4. The van der Waals surface area contributed by atoms with E-state index in [1.54, 1.807) is 24.1 Å². The van der Waals surface area contributed by atoms with E-state index in [0.29, 0.717) is 48.8 Å². The second-order valence-electron chi connectivity index (χ2n) is 10.2. The zero-order valence-corrected chi connectivity index (χ0v) is 23.4. The Morgan fingerprint density at radius 1 is 1.17 bits per heavy atom. The first-order valence-electron chi connectivity index (χ1n) is 14.2. The third-order valence-electron chi connectivity index (χ3n) is 7.28. The number of anilines is 2. The van der Waals surface area contributed by atoms with Crippen molar-refractivity contribution in [2.24, 2.45) is 7.05 Å². The number of unbranched alkanes of at least 4 members (excludes halogenated alkanes) is 1. The molecule has 0 spiro atoms. The fourth-order valence-electron chi connectivity index (χ4n) is 5.01. The van der Waals surface area contributed by atoms with Crippen molar-refractivity contribution in [3.05, 3.63) is 60.3 Å². The third-order valence-corrected chi connectivity index (χ3v) is 7.28. The maximum absolute atomic E-state index is 12.2. The van der Waals surface area contributed by atoms with Gasteiger partial charge in [-0.25, -0.2) is 24.7 Å². The molecule has 4 aromatic heterocycles. The molecule has 0 saturated heterocycles. The van der Waals surface area contributed by atoms with Crippen LogP contribution in [0.5, 0.6) is 5.88 Å². The van der Waals surface area contributed by atoms with E-state index in [-0.39, 0.29) is 0 Å². The second kappa shape index (κ2) is 13.8. The summed E-state index contributed by atoms with van der Waals surface area (Å²) in [5.41, 5.74) is 3.04. The van der Waals surface area contributed by atoms with Gasteiger partial charge in [-0.15, -0.1) is 0 Å². The topological polar surface area (TPSA) is 143 Å². The van der Waals surface area contributed by atoms with Gasteiger partial charge in [-0.2, -0.15) is 5.10 Å². The van der Waals surface area contributed by atoms with E-state index in [9.17, 15) is 9.90 Å². The Morgan fingerprint density at radius 3 is 2.95 bits per heavy atom. The predicted molar refractivity (Wildman–Crippen MR) is 156 cm³/mol. The van der Waals surface area contributed by atoms with E-state index >= 15 is 0 Å². The number of aromatic nitrogens is 6. The van der Waals surface area contributed by atoms with Crippen LogP contribution in [0.1, 0.15) is 36.9 Å². The van der Waals surface area contributed by atoms with Gasteiger partial charge in [0.15, 0.2) is 5.65 Å². The predicted octanol–water partition coefficient (Wildman–Crippen LogP) is 3.17. The molecule has 216 valence electrons. The lowest BCUT2D eigenvalue weighted by Gasteiger charge is -2.24.